The predicted molar refractivity (Wildman–Crippen MR) is 147 cm³/mol. The van der Waals surface area contributed by atoms with Gasteiger partial charge in [0.1, 0.15) is 0 Å². The lowest BCUT2D eigenvalue weighted by Crippen LogP contribution is -2.20. The van der Waals surface area contributed by atoms with E-state index < -0.39 is 5.91 Å². The zero-order valence-electron chi connectivity index (χ0n) is 21.7. The summed E-state index contributed by atoms with van der Waals surface area (Å²) in [6.07, 6.45) is 1.42. The molecule has 3 aromatic carbocycles. The predicted octanol–water partition coefficient (Wildman–Crippen LogP) is 5.24. The van der Waals surface area contributed by atoms with Crippen molar-refractivity contribution in [2.45, 2.75) is 20.8 Å². The van der Waals surface area contributed by atoms with Gasteiger partial charge in [0.2, 0.25) is 0 Å². The maximum Gasteiger partial charge on any atom is 0.271 e. The van der Waals surface area contributed by atoms with Crippen LogP contribution in [0.3, 0.4) is 0 Å². The molecule has 0 atom stereocenters. The maximum absolute atomic E-state index is 12.5. The number of hydrogen-bond acceptors (Lipinski definition) is 7. The molecule has 0 aliphatic rings. The SMILES string of the molecule is CCOc1ccc(C(=O)N/N=C/c2cc(Cl)c(OCC(=O)Nc3ccc(C)cc3)c(OCC)c2)cc1OC. The molecule has 0 aliphatic carbocycles. The number of hydrazone groups is 1. The Morgan fingerprint density at radius 1 is 0.921 bits per heavy atom. The fraction of sp³-hybridized carbons (Fsp3) is 0.250. The van der Waals surface area contributed by atoms with Crippen LogP contribution < -0.4 is 29.7 Å². The molecule has 9 nitrogen and oxygen atoms in total. The van der Waals surface area contributed by atoms with Crippen LogP contribution >= 0.6 is 11.6 Å². The molecule has 0 fully saturated rings. The van der Waals surface area contributed by atoms with Gasteiger partial charge in [0.15, 0.2) is 29.6 Å². The largest absolute Gasteiger partial charge is 0.493 e. The van der Waals surface area contributed by atoms with E-state index in [1.807, 2.05) is 45.0 Å². The summed E-state index contributed by atoms with van der Waals surface area (Å²) in [4.78, 5) is 24.9. The van der Waals surface area contributed by atoms with Crippen LogP contribution in [-0.4, -0.2) is 45.0 Å². The first-order chi connectivity index (χ1) is 18.3. The summed E-state index contributed by atoms with van der Waals surface area (Å²) < 4.78 is 22.1. The normalized spacial score (nSPS) is 10.7. The van der Waals surface area contributed by atoms with E-state index >= 15 is 0 Å². The minimum absolute atomic E-state index is 0.225. The second-order valence-corrected chi connectivity index (χ2v) is 8.37. The van der Waals surface area contributed by atoms with Gasteiger partial charge in [0.05, 0.1) is 31.6 Å². The molecule has 3 rings (SSSR count). The van der Waals surface area contributed by atoms with Crippen LogP contribution in [-0.2, 0) is 4.79 Å². The summed E-state index contributed by atoms with van der Waals surface area (Å²) in [7, 11) is 1.50. The van der Waals surface area contributed by atoms with Crippen molar-refractivity contribution in [3.8, 4) is 23.0 Å². The van der Waals surface area contributed by atoms with Crippen molar-refractivity contribution in [1.29, 1.82) is 0 Å². The summed E-state index contributed by atoms with van der Waals surface area (Å²) in [5.41, 5.74) is 5.13. The molecule has 0 aliphatic heterocycles. The van der Waals surface area contributed by atoms with Crippen LogP contribution in [0.15, 0.2) is 59.7 Å². The second kappa shape index (κ2) is 13.9. The number of rotatable bonds is 12. The number of hydrogen-bond donors (Lipinski definition) is 2. The Balaban J connectivity index is 1.66. The maximum atomic E-state index is 12.5. The van der Waals surface area contributed by atoms with Crippen molar-refractivity contribution < 1.29 is 28.5 Å². The zero-order chi connectivity index (χ0) is 27.5. The van der Waals surface area contributed by atoms with Crippen molar-refractivity contribution in [2.24, 2.45) is 5.10 Å². The van der Waals surface area contributed by atoms with Gasteiger partial charge in [-0.1, -0.05) is 29.3 Å². The number of carbonyl (C=O) groups excluding carboxylic acids is 2. The standard InChI is InChI=1S/C28H30ClN3O6/c1-5-36-23-12-9-20(15-24(23)35-4)28(34)32-30-16-19-13-22(29)27(25(14-19)37-6-2)38-17-26(33)31-21-10-7-18(3)8-11-21/h7-16H,5-6,17H2,1-4H3,(H,31,33)(H,32,34)/b30-16+. The third-order valence-corrected chi connectivity index (χ3v) is 5.40. The molecule has 2 N–H and O–H groups in total. The van der Waals surface area contributed by atoms with Gasteiger partial charge >= 0.3 is 0 Å². The second-order valence-electron chi connectivity index (χ2n) is 7.96. The van der Waals surface area contributed by atoms with Gasteiger partial charge in [0.25, 0.3) is 11.8 Å². The quantitative estimate of drug-likeness (QED) is 0.241. The van der Waals surface area contributed by atoms with E-state index in [1.54, 1.807) is 30.3 Å². The smallest absolute Gasteiger partial charge is 0.271 e. The molecular formula is C28H30ClN3O6. The third-order valence-electron chi connectivity index (χ3n) is 5.12. The van der Waals surface area contributed by atoms with Crippen molar-refractivity contribution >= 4 is 35.3 Å². The number of nitrogens with zero attached hydrogens (tertiary/aromatic N) is 1. The molecule has 0 aromatic heterocycles. The zero-order valence-corrected chi connectivity index (χ0v) is 22.4. The molecule has 3 aromatic rings. The minimum Gasteiger partial charge on any atom is -0.493 e. The van der Waals surface area contributed by atoms with E-state index in [-0.39, 0.29) is 23.3 Å². The van der Waals surface area contributed by atoms with E-state index in [9.17, 15) is 9.59 Å². The molecule has 0 bridgehead atoms. The van der Waals surface area contributed by atoms with Crippen molar-refractivity contribution in [3.05, 3.63) is 76.3 Å². The Bertz CT molecular complexity index is 1290. The summed E-state index contributed by atoms with van der Waals surface area (Å²) in [5, 5.41) is 7.01. The van der Waals surface area contributed by atoms with Crippen molar-refractivity contribution in [2.75, 3.05) is 32.2 Å². The Morgan fingerprint density at radius 3 is 2.32 bits per heavy atom. The van der Waals surface area contributed by atoms with E-state index in [2.05, 4.69) is 15.8 Å². The number of nitrogens with one attached hydrogen (secondary N) is 2. The van der Waals surface area contributed by atoms with Gasteiger partial charge < -0.3 is 24.3 Å². The number of methoxy groups -OCH3 is 1. The highest BCUT2D eigenvalue weighted by atomic mass is 35.5. The number of carbonyl (C=O) groups is 2. The first kappa shape index (κ1) is 28.3. The average Bonchev–Trinajstić information content (AvgIpc) is 2.90. The lowest BCUT2D eigenvalue weighted by atomic mass is 10.2. The average molecular weight is 540 g/mol. The van der Waals surface area contributed by atoms with Crippen LogP contribution in [0.4, 0.5) is 5.69 Å². The highest BCUT2D eigenvalue weighted by Crippen LogP contribution is 2.36. The van der Waals surface area contributed by atoms with E-state index in [4.69, 9.17) is 30.5 Å². The molecule has 0 spiro atoms. The molecular weight excluding hydrogens is 510 g/mol. The number of benzene rings is 3. The van der Waals surface area contributed by atoms with Crippen LogP contribution in [0, 0.1) is 6.92 Å². The molecule has 0 heterocycles. The summed E-state index contributed by atoms with van der Waals surface area (Å²) in [6, 6.07) is 15.5. The first-order valence-electron chi connectivity index (χ1n) is 11.9. The number of aryl methyl sites for hydroxylation is 1. The molecule has 0 radical (unpaired) electrons. The fourth-order valence-corrected chi connectivity index (χ4v) is 3.62. The van der Waals surface area contributed by atoms with E-state index in [0.29, 0.717) is 47.3 Å². The van der Waals surface area contributed by atoms with Gasteiger partial charge in [-0.25, -0.2) is 5.43 Å². The Morgan fingerprint density at radius 2 is 1.63 bits per heavy atom. The summed E-state index contributed by atoms with van der Waals surface area (Å²) in [6.45, 7) is 6.20. The van der Waals surface area contributed by atoms with E-state index in [1.165, 1.54) is 13.3 Å². The number of halogens is 1. The molecule has 2 amide bonds. The number of amides is 2. The highest BCUT2D eigenvalue weighted by molar-refractivity contribution is 6.32. The van der Waals surface area contributed by atoms with Crippen LogP contribution in [0.25, 0.3) is 0 Å². The molecule has 10 heteroatoms. The molecule has 200 valence electrons. The lowest BCUT2D eigenvalue weighted by molar-refractivity contribution is -0.118. The molecule has 0 unspecified atom stereocenters. The van der Waals surface area contributed by atoms with Crippen LogP contribution in [0.1, 0.15) is 35.3 Å². The van der Waals surface area contributed by atoms with Gasteiger partial charge in [0, 0.05) is 11.3 Å². The van der Waals surface area contributed by atoms with Crippen LogP contribution in [0.5, 0.6) is 23.0 Å². The van der Waals surface area contributed by atoms with E-state index in [0.717, 1.165) is 5.56 Å². The van der Waals surface area contributed by atoms with Crippen LogP contribution in [0.2, 0.25) is 5.02 Å². The highest BCUT2D eigenvalue weighted by Gasteiger charge is 2.15. The Hall–Kier alpha value is -4.24. The molecule has 0 saturated heterocycles. The van der Waals surface area contributed by atoms with Gasteiger partial charge in [-0.3, -0.25) is 9.59 Å². The number of ether oxygens (including phenoxy) is 4. The monoisotopic (exact) mass is 539 g/mol. The molecule has 0 saturated carbocycles. The Labute approximate surface area is 226 Å². The van der Waals surface area contributed by atoms with Crippen molar-refractivity contribution in [1.82, 2.24) is 5.43 Å². The number of anilines is 1. The van der Waals surface area contributed by atoms with Gasteiger partial charge in [-0.15, -0.1) is 0 Å². The third kappa shape index (κ3) is 7.88. The molecule has 38 heavy (non-hydrogen) atoms. The first-order valence-corrected chi connectivity index (χ1v) is 12.3. The summed E-state index contributed by atoms with van der Waals surface area (Å²) >= 11 is 6.43. The minimum atomic E-state index is -0.432. The van der Waals surface area contributed by atoms with Gasteiger partial charge in [-0.05, 0) is 68.8 Å². The lowest BCUT2D eigenvalue weighted by Gasteiger charge is -2.14. The van der Waals surface area contributed by atoms with Crippen molar-refractivity contribution in [3.63, 3.8) is 0 Å². The van der Waals surface area contributed by atoms with Gasteiger partial charge in [-0.2, -0.15) is 5.10 Å². The topological polar surface area (TPSA) is 107 Å². The summed E-state index contributed by atoms with van der Waals surface area (Å²) in [5.74, 6) is 0.787. The Kier molecular flexibility index (Phi) is 10.4. The fourth-order valence-electron chi connectivity index (χ4n) is 3.35.